The summed E-state index contributed by atoms with van der Waals surface area (Å²) in [4.78, 5) is 11.3. The van der Waals surface area contributed by atoms with E-state index < -0.39 is 0 Å². The van der Waals surface area contributed by atoms with Crippen LogP contribution in [0.4, 0.5) is 11.4 Å². The van der Waals surface area contributed by atoms with Gasteiger partial charge in [-0.1, -0.05) is 6.92 Å². The first-order valence-corrected chi connectivity index (χ1v) is 5.73. The van der Waals surface area contributed by atoms with E-state index in [9.17, 15) is 4.79 Å². The number of benzene rings is 1. The van der Waals surface area contributed by atoms with Crippen LogP contribution in [-0.2, 0) is 0 Å². The van der Waals surface area contributed by atoms with Crippen LogP contribution in [0.1, 0.15) is 31.1 Å². The lowest BCUT2D eigenvalue weighted by Crippen LogP contribution is -2.26. The van der Waals surface area contributed by atoms with Crippen LogP contribution in [0, 0.1) is 5.92 Å². The molecular formula is C13H20N2O2. The van der Waals surface area contributed by atoms with Crippen LogP contribution in [0.5, 0.6) is 0 Å². The fraction of sp³-hybridized carbons (Fsp3) is 0.462. The molecule has 4 nitrogen and oxygen atoms in total. The number of carbonyl (C=O) groups is 1. The van der Waals surface area contributed by atoms with E-state index in [2.05, 4.69) is 5.32 Å². The van der Waals surface area contributed by atoms with Crippen molar-refractivity contribution in [2.24, 2.45) is 5.92 Å². The van der Waals surface area contributed by atoms with Crippen LogP contribution in [0.2, 0.25) is 0 Å². The van der Waals surface area contributed by atoms with Crippen LogP contribution in [0.15, 0.2) is 18.2 Å². The van der Waals surface area contributed by atoms with Gasteiger partial charge < -0.3 is 16.2 Å². The maximum absolute atomic E-state index is 11.3. The van der Waals surface area contributed by atoms with Crippen molar-refractivity contribution in [1.82, 2.24) is 0 Å². The summed E-state index contributed by atoms with van der Waals surface area (Å²) in [6.45, 7) is 5.57. The van der Waals surface area contributed by atoms with Gasteiger partial charge in [0.25, 0.3) is 0 Å². The van der Waals surface area contributed by atoms with E-state index in [1.54, 1.807) is 12.1 Å². The van der Waals surface area contributed by atoms with E-state index in [-0.39, 0.29) is 24.3 Å². The Hall–Kier alpha value is -1.55. The number of carbonyl (C=O) groups excluding carboxylic acids is 1. The zero-order valence-corrected chi connectivity index (χ0v) is 10.5. The number of hydrogen-bond donors (Lipinski definition) is 3. The van der Waals surface area contributed by atoms with Crippen LogP contribution >= 0.6 is 0 Å². The number of nitrogens with two attached hydrogens (primary N) is 1. The molecule has 94 valence electrons. The Bertz CT molecular complexity index is 404. The third-order valence-electron chi connectivity index (χ3n) is 2.97. The highest BCUT2D eigenvalue weighted by Crippen LogP contribution is 2.20. The first-order valence-electron chi connectivity index (χ1n) is 5.73. The second-order valence-electron chi connectivity index (χ2n) is 4.45. The first-order chi connectivity index (χ1) is 7.95. The monoisotopic (exact) mass is 236 g/mol. The average molecular weight is 236 g/mol. The summed E-state index contributed by atoms with van der Waals surface area (Å²) in [7, 11) is 0. The van der Waals surface area contributed by atoms with E-state index in [0.29, 0.717) is 11.3 Å². The molecule has 0 aromatic heterocycles. The van der Waals surface area contributed by atoms with E-state index in [1.165, 1.54) is 6.92 Å². The largest absolute Gasteiger partial charge is 0.398 e. The minimum absolute atomic E-state index is 0.0472. The van der Waals surface area contributed by atoms with Crippen molar-refractivity contribution in [3.63, 3.8) is 0 Å². The summed E-state index contributed by atoms with van der Waals surface area (Å²) >= 11 is 0. The highest BCUT2D eigenvalue weighted by Gasteiger charge is 2.12. The maximum Gasteiger partial charge on any atom is 0.161 e. The molecule has 1 aromatic carbocycles. The zero-order chi connectivity index (χ0) is 13.0. The molecule has 0 radical (unpaired) electrons. The number of anilines is 2. The normalized spacial score (nSPS) is 14.1. The third-order valence-corrected chi connectivity index (χ3v) is 2.97. The minimum atomic E-state index is -0.0472. The van der Waals surface area contributed by atoms with E-state index in [0.717, 1.165) is 5.69 Å². The number of Topliss-reactive ketones (excluding diaryl/α,β-unsaturated/α-hetero) is 1. The predicted octanol–water partition coefficient (Wildman–Crippen LogP) is 1.90. The SMILES string of the molecule is CC(=O)c1cc(NC(C)C(C)CO)ccc1N. The van der Waals surface area contributed by atoms with Crippen molar-refractivity contribution in [3.05, 3.63) is 23.8 Å². The van der Waals surface area contributed by atoms with Crippen molar-refractivity contribution in [3.8, 4) is 0 Å². The number of hydrogen-bond acceptors (Lipinski definition) is 4. The van der Waals surface area contributed by atoms with Gasteiger partial charge in [0.15, 0.2) is 5.78 Å². The molecule has 0 saturated carbocycles. The first kappa shape index (κ1) is 13.5. The van der Waals surface area contributed by atoms with Gasteiger partial charge in [-0.2, -0.15) is 0 Å². The van der Waals surface area contributed by atoms with Gasteiger partial charge in [0.1, 0.15) is 0 Å². The molecule has 0 saturated heterocycles. The van der Waals surface area contributed by atoms with Crippen molar-refractivity contribution < 1.29 is 9.90 Å². The molecule has 0 fully saturated rings. The highest BCUT2D eigenvalue weighted by molar-refractivity contribution is 6.00. The average Bonchev–Trinajstić information content (AvgIpc) is 2.30. The minimum Gasteiger partial charge on any atom is -0.398 e. The predicted molar refractivity (Wildman–Crippen MR) is 70.2 cm³/mol. The molecule has 2 atom stereocenters. The summed E-state index contributed by atoms with van der Waals surface area (Å²) in [6, 6.07) is 5.43. The van der Waals surface area contributed by atoms with Crippen LogP contribution in [0.3, 0.4) is 0 Å². The standard InChI is InChI=1S/C13H20N2O2/c1-8(7-16)9(2)15-11-4-5-13(14)12(6-11)10(3)17/h4-6,8-9,15-16H,7,14H2,1-3H3. The van der Waals surface area contributed by atoms with Crippen molar-refractivity contribution in [1.29, 1.82) is 0 Å². The Morgan fingerprint density at radius 3 is 2.65 bits per heavy atom. The van der Waals surface area contributed by atoms with Gasteiger partial charge in [-0.25, -0.2) is 0 Å². The van der Waals surface area contributed by atoms with Crippen LogP contribution in [0.25, 0.3) is 0 Å². The van der Waals surface area contributed by atoms with Gasteiger partial charge in [0.05, 0.1) is 0 Å². The smallest absolute Gasteiger partial charge is 0.161 e. The molecule has 0 amide bonds. The zero-order valence-electron chi connectivity index (χ0n) is 10.5. The topological polar surface area (TPSA) is 75.3 Å². The maximum atomic E-state index is 11.3. The summed E-state index contributed by atoms with van der Waals surface area (Å²) in [6.07, 6.45) is 0. The summed E-state index contributed by atoms with van der Waals surface area (Å²) in [5, 5.41) is 12.3. The fourth-order valence-electron chi connectivity index (χ4n) is 1.51. The Kier molecular flexibility index (Phi) is 4.52. The molecule has 1 aromatic rings. The molecule has 17 heavy (non-hydrogen) atoms. The molecular weight excluding hydrogens is 216 g/mol. The Morgan fingerprint density at radius 2 is 2.12 bits per heavy atom. The van der Waals surface area contributed by atoms with Gasteiger partial charge >= 0.3 is 0 Å². The number of aliphatic hydroxyl groups excluding tert-OH is 1. The Morgan fingerprint density at radius 1 is 1.47 bits per heavy atom. The Labute approximate surface area is 102 Å². The van der Waals surface area contributed by atoms with Gasteiger partial charge in [-0.15, -0.1) is 0 Å². The van der Waals surface area contributed by atoms with Crippen molar-refractivity contribution in [2.45, 2.75) is 26.8 Å². The molecule has 0 heterocycles. The second-order valence-corrected chi connectivity index (χ2v) is 4.45. The van der Waals surface area contributed by atoms with Gasteiger partial charge in [0.2, 0.25) is 0 Å². The third kappa shape index (κ3) is 3.46. The molecule has 0 aliphatic carbocycles. The number of nitrogens with one attached hydrogen (secondary N) is 1. The quantitative estimate of drug-likeness (QED) is 0.539. The molecule has 2 unspecified atom stereocenters. The molecule has 0 bridgehead atoms. The molecule has 0 aliphatic heterocycles. The van der Waals surface area contributed by atoms with Gasteiger partial charge in [-0.3, -0.25) is 4.79 Å². The summed E-state index contributed by atoms with van der Waals surface area (Å²) in [5.74, 6) is 0.0994. The number of nitrogen functional groups attached to an aromatic ring is 1. The second kappa shape index (κ2) is 5.68. The number of aliphatic hydroxyl groups is 1. The van der Waals surface area contributed by atoms with Gasteiger partial charge in [0, 0.05) is 29.6 Å². The summed E-state index contributed by atoms with van der Waals surface area (Å²) < 4.78 is 0. The lowest BCUT2D eigenvalue weighted by Gasteiger charge is -2.21. The molecule has 4 heteroatoms. The lowest BCUT2D eigenvalue weighted by atomic mass is 10.0. The van der Waals surface area contributed by atoms with Crippen LogP contribution in [-0.4, -0.2) is 23.5 Å². The number of rotatable bonds is 5. The molecule has 1 rings (SSSR count). The molecule has 0 spiro atoms. The van der Waals surface area contributed by atoms with Gasteiger partial charge in [-0.05, 0) is 38.0 Å². The summed E-state index contributed by atoms with van der Waals surface area (Å²) in [5.41, 5.74) is 7.58. The van der Waals surface area contributed by atoms with E-state index in [1.807, 2.05) is 19.9 Å². The van der Waals surface area contributed by atoms with Crippen molar-refractivity contribution >= 4 is 17.2 Å². The lowest BCUT2D eigenvalue weighted by molar-refractivity contribution is 0.101. The van der Waals surface area contributed by atoms with E-state index in [4.69, 9.17) is 10.8 Å². The molecule has 0 aliphatic rings. The number of ketones is 1. The Balaban J connectivity index is 2.86. The van der Waals surface area contributed by atoms with Crippen molar-refractivity contribution in [2.75, 3.05) is 17.7 Å². The van der Waals surface area contributed by atoms with E-state index >= 15 is 0 Å². The molecule has 4 N–H and O–H groups in total. The fourth-order valence-corrected chi connectivity index (χ4v) is 1.51. The van der Waals surface area contributed by atoms with Crippen LogP contribution < -0.4 is 11.1 Å². The highest BCUT2D eigenvalue weighted by atomic mass is 16.3.